The first-order valence-electron chi connectivity index (χ1n) is 7.10. The molecule has 0 saturated carbocycles. The van der Waals surface area contributed by atoms with Crippen molar-refractivity contribution in [3.05, 3.63) is 35.0 Å². The number of hydrogen-bond acceptors (Lipinski definition) is 4. The Bertz CT molecular complexity index is 811. The molecule has 0 unspecified atom stereocenters. The molecular weight excluding hydrogens is 264 g/mol. The number of hydrogen-bond donors (Lipinski definition) is 1. The van der Waals surface area contributed by atoms with Crippen LogP contribution in [0.2, 0.25) is 0 Å². The lowest BCUT2D eigenvalue weighted by molar-refractivity contribution is 0.746. The van der Waals surface area contributed by atoms with Crippen LogP contribution in [0.1, 0.15) is 29.4 Å². The Kier molecular flexibility index (Phi) is 3.16. The Morgan fingerprint density at radius 1 is 1.24 bits per heavy atom. The van der Waals surface area contributed by atoms with Crippen LogP contribution >= 0.6 is 0 Å². The lowest BCUT2D eigenvalue weighted by Gasteiger charge is -2.07. The van der Waals surface area contributed by atoms with Crippen LogP contribution in [0.15, 0.2) is 12.5 Å². The van der Waals surface area contributed by atoms with Crippen molar-refractivity contribution in [2.45, 2.75) is 33.7 Å². The molecule has 3 aromatic heterocycles. The van der Waals surface area contributed by atoms with Gasteiger partial charge in [0.05, 0.1) is 17.6 Å². The van der Waals surface area contributed by atoms with Gasteiger partial charge in [0.25, 0.3) is 0 Å². The largest absolute Gasteiger partial charge is 0.383 e. The summed E-state index contributed by atoms with van der Waals surface area (Å²) in [5.41, 5.74) is 11.6. The van der Waals surface area contributed by atoms with Gasteiger partial charge in [0, 0.05) is 24.5 Å². The molecule has 6 nitrogen and oxygen atoms in total. The van der Waals surface area contributed by atoms with Gasteiger partial charge in [-0.3, -0.25) is 4.68 Å². The fraction of sp³-hybridized carbons (Fsp3) is 0.400. The Morgan fingerprint density at radius 2 is 2.00 bits per heavy atom. The summed E-state index contributed by atoms with van der Waals surface area (Å²) in [5, 5.41) is 5.46. The van der Waals surface area contributed by atoms with E-state index in [4.69, 9.17) is 5.73 Å². The number of nitrogens with zero attached hydrogens (tertiary/aromatic N) is 5. The summed E-state index contributed by atoms with van der Waals surface area (Å²) < 4.78 is 4.06. The van der Waals surface area contributed by atoms with Crippen LogP contribution < -0.4 is 5.73 Å². The predicted molar refractivity (Wildman–Crippen MR) is 83.1 cm³/mol. The van der Waals surface area contributed by atoms with Crippen molar-refractivity contribution in [1.29, 1.82) is 0 Å². The fourth-order valence-corrected chi connectivity index (χ4v) is 2.87. The summed E-state index contributed by atoms with van der Waals surface area (Å²) in [6, 6.07) is 0. The highest BCUT2D eigenvalue weighted by atomic mass is 15.3. The smallest absolute Gasteiger partial charge is 0.146 e. The predicted octanol–water partition coefficient (Wildman–Crippen LogP) is 1.97. The van der Waals surface area contributed by atoms with Crippen molar-refractivity contribution < 1.29 is 0 Å². The zero-order valence-corrected chi connectivity index (χ0v) is 12.9. The van der Waals surface area contributed by atoms with Crippen molar-refractivity contribution in [3.63, 3.8) is 0 Å². The van der Waals surface area contributed by atoms with E-state index < -0.39 is 0 Å². The van der Waals surface area contributed by atoms with Crippen LogP contribution in [-0.4, -0.2) is 24.3 Å². The summed E-state index contributed by atoms with van der Waals surface area (Å²) in [7, 11) is 1.95. The number of aryl methyl sites for hydroxylation is 3. The standard InChI is InChI=1S/C15H20N6/c1-5-12-11(6-20(4)19-12)7-21-10(3)9(2)13-14(16)17-8-18-15(13)21/h6,8H,5,7H2,1-4H3,(H2,16,17,18). The van der Waals surface area contributed by atoms with Gasteiger partial charge < -0.3 is 10.3 Å². The molecule has 0 radical (unpaired) electrons. The van der Waals surface area contributed by atoms with Gasteiger partial charge in [-0.15, -0.1) is 0 Å². The number of rotatable bonds is 3. The molecule has 0 spiro atoms. The van der Waals surface area contributed by atoms with Crippen LogP contribution in [0, 0.1) is 13.8 Å². The molecule has 0 bridgehead atoms. The summed E-state index contributed by atoms with van der Waals surface area (Å²) in [6.45, 7) is 7.04. The molecule has 0 atom stereocenters. The van der Waals surface area contributed by atoms with Crippen molar-refractivity contribution in [2.75, 3.05) is 5.73 Å². The van der Waals surface area contributed by atoms with Crippen LogP contribution in [0.4, 0.5) is 5.82 Å². The number of nitrogen functional groups attached to an aromatic ring is 1. The van der Waals surface area contributed by atoms with Crippen LogP contribution in [0.25, 0.3) is 11.0 Å². The zero-order valence-electron chi connectivity index (χ0n) is 12.9. The number of aromatic nitrogens is 5. The molecule has 110 valence electrons. The summed E-state index contributed by atoms with van der Waals surface area (Å²) in [4.78, 5) is 8.53. The summed E-state index contributed by atoms with van der Waals surface area (Å²) >= 11 is 0. The topological polar surface area (TPSA) is 74.5 Å². The SMILES string of the molecule is CCc1nn(C)cc1Cn1c(C)c(C)c2c(N)ncnc21. The van der Waals surface area contributed by atoms with E-state index in [0.717, 1.165) is 35.3 Å². The van der Waals surface area contributed by atoms with E-state index in [1.807, 2.05) is 11.7 Å². The molecule has 2 N–H and O–H groups in total. The highest BCUT2D eigenvalue weighted by Gasteiger charge is 2.16. The Morgan fingerprint density at radius 3 is 2.71 bits per heavy atom. The molecule has 0 fully saturated rings. The maximum Gasteiger partial charge on any atom is 0.146 e. The molecule has 0 aliphatic rings. The third kappa shape index (κ3) is 2.07. The molecule has 3 rings (SSSR count). The van der Waals surface area contributed by atoms with E-state index in [2.05, 4.69) is 46.6 Å². The van der Waals surface area contributed by atoms with Gasteiger partial charge in [0.1, 0.15) is 17.8 Å². The van der Waals surface area contributed by atoms with Gasteiger partial charge in [-0.1, -0.05) is 6.92 Å². The van der Waals surface area contributed by atoms with E-state index in [1.165, 1.54) is 17.6 Å². The van der Waals surface area contributed by atoms with Crippen molar-refractivity contribution in [2.24, 2.45) is 7.05 Å². The van der Waals surface area contributed by atoms with E-state index in [-0.39, 0.29) is 0 Å². The molecule has 3 aromatic rings. The normalized spacial score (nSPS) is 11.4. The van der Waals surface area contributed by atoms with Gasteiger partial charge in [0.2, 0.25) is 0 Å². The molecule has 0 aromatic carbocycles. The van der Waals surface area contributed by atoms with Crippen LogP contribution in [0.3, 0.4) is 0 Å². The van der Waals surface area contributed by atoms with E-state index in [0.29, 0.717) is 5.82 Å². The van der Waals surface area contributed by atoms with Gasteiger partial charge in [-0.05, 0) is 25.8 Å². The number of anilines is 1. The quantitative estimate of drug-likeness (QED) is 0.798. The minimum Gasteiger partial charge on any atom is -0.383 e. The van der Waals surface area contributed by atoms with E-state index >= 15 is 0 Å². The van der Waals surface area contributed by atoms with Crippen LogP contribution in [0.5, 0.6) is 0 Å². The lowest BCUT2D eigenvalue weighted by atomic mass is 10.2. The molecule has 0 aliphatic heterocycles. The second-order valence-electron chi connectivity index (χ2n) is 5.38. The average Bonchev–Trinajstić information content (AvgIpc) is 2.93. The average molecular weight is 284 g/mol. The molecule has 3 heterocycles. The maximum atomic E-state index is 6.01. The number of nitrogens with two attached hydrogens (primary N) is 1. The highest BCUT2D eigenvalue weighted by Crippen LogP contribution is 2.28. The van der Waals surface area contributed by atoms with E-state index in [9.17, 15) is 0 Å². The minimum atomic E-state index is 0.543. The molecule has 6 heteroatoms. The third-order valence-corrected chi connectivity index (χ3v) is 4.09. The summed E-state index contributed by atoms with van der Waals surface area (Å²) in [6.07, 6.45) is 4.52. The molecular formula is C15H20N6. The van der Waals surface area contributed by atoms with E-state index in [1.54, 1.807) is 0 Å². The highest BCUT2D eigenvalue weighted by molar-refractivity contribution is 5.90. The molecule has 0 saturated heterocycles. The van der Waals surface area contributed by atoms with Gasteiger partial charge in [-0.2, -0.15) is 5.10 Å². The maximum absolute atomic E-state index is 6.01. The molecule has 21 heavy (non-hydrogen) atoms. The lowest BCUT2D eigenvalue weighted by Crippen LogP contribution is -2.04. The zero-order chi connectivity index (χ0) is 15.1. The molecule has 0 aliphatic carbocycles. The monoisotopic (exact) mass is 284 g/mol. The van der Waals surface area contributed by atoms with Crippen molar-refractivity contribution in [1.82, 2.24) is 24.3 Å². The first-order valence-corrected chi connectivity index (χ1v) is 7.10. The Labute approximate surface area is 123 Å². The first kappa shape index (κ1) is 13.6. The first-order chi connectivity index (χ1) is 10.0. The Hall–Kier alpha value is -2.37. The van der Waals surface area contributed by atoms with Crippen molar-refractivity contribution in [3.8, 4) is 0 Å². The number of fused-ring (bicyclic) bond motifs is 1. The molecule has 0 amide bonds. The van der Waals surface area contributed by atoms with Crippen molar-refractivity contribution >= 4 is 16.9 Å². The van der Waals surface area contributed by atoms with Gasteiger partial charge in [0.15, 0.2) is 0 Å². The van der Waals surface area contributed by atoms with Gasteiger partial charge in [-0.25, -0.2) is 9.97 Å². The second kappa shape index (κ2) is 4.87. The fourth-order valence-electron chi connectivity index (χ4n) is 2.87. The minimum absolute atomic E-state index is 0.543. The second-order valence-corrected chi connectivity index (χ2v) is 5.38. The van der Waals surface area contributed by atoms with Crippen LogP contribution in [-0.2, 0) is 20.0 Å². The van der Waals surface area contributed by atoms with Gasteiger partial charge >= 0.3 is 0 Å². The summed E-state index contributed by atoms with van der Waals surface area (Å²) in [5.74, 6) is 0.543. The third-order valence-electron chi connectivity index (χ3n) is 4.09. The Balaban J connectivity index is 2.17.